The van der Waals surface area contributed by atoms with Gasteiger partial charge in [-0.05, 0) is 25.1 Å². The summed E-state index contributed by atoms with van der Waals surface area (Å²) in [7, 11) is 0. The minimum atomic E-state index is -0.619. The molecular formula is C6H12N2O2S. The predicted molar refractivity (Wildman–Crippen MR) is 45.9 cm³/mol. The zero-order valence-corrected chi connectivity index (χ0v) is 6.93. The van der Waals surface area contributed by atoms with E-state index >= 15 is 0 Å². The average Bonchev–Trinajstić information content (AvgIpc) is 1.53. The van der Waals surface area contributed by atoms with Crippen LogP contribution >= 0.6 is 12.2 Å². The van der Waals surface area contributed by atoms with Gasteiger partial charge in [-0.25, -0.2) is 0 Å². The summed E-state index contributed by atoms with van der Waals surface area (Å²) >= 11 is 4.09. The largest absolute Gasteiger partial charge is 0.481 e. The first-order chi connectivity index (χ1) is 5.04. The van der Waals surface area contributed by atoms with Crippen molar-refractivity contribution in [2.75, 3.05) is 0 Å². The van der Waals surface area contributed by atoms with Gasteiger partial charge in [0.15, 0.2) is 5.11 Å². The summed E-state index contributed by atoms with van der Waals surface area (Å²) in [6.45, 7) is 0. The van der Waals surface area contributed by atoms with Crippen molar-refractivity contribution in [3.63, 3.8) is 0 Å². The highest BCUT2D eigenvalue weighted by Gasteiger charge is 2.23. The van der Waals surface area contributed by atoms with Gasteiger partial charge >= 0.3 is 5.97 Å². The van der Waals surface area contributed by atoms with Crippen molar-refractivity contribution in [3.8, 4) is 0 Å². The molecule has 11 heavy (non-hydrogen) atoms. The first kappa shape index (κ1) is 10.2. The Labute approximate surface area is 70.6 Å². The van der Waals surface area contributed by atoms with Crippen molar-refractivity contribution < 1.29 is 9.90 Å². The monoisotopic (exact) mass is 176 g/mol. The lowest BCUT2D eigenvalue weighted by Gasteiger charge is -2.19. The molecule has 5 heteroatoms. The third-order valence-corrected chi connectivity index (χ3v) is 1.45. The number of rotatable bonds is 1. The Balaban J connectivity index is 0.000000218. The molecule has 0 saturated heterocycles. The van der Waals surface area contributed by atoms with Gasteiger partial charge in [-0.2, -0.15) is 0 Å². The Morgan fingerprint density at radius 1 is 1.45 bits per heavy atom. The number of aliphatic carboxylic acids is 1. The summed E-state index contributed by atoms with van der Waals surface area (Å²) in [5.74, 6) is -0.619. The first-order valence-electron chi connectivity index (χ1n) is 3.31. The van der Waals surface area contributed by atoms with Crippen molar-refractivity contribution in [1.29, 1.82) is 0 Å². The van der Waals surface area contributed by atoms with Gasteiger partial charge in [-0.3, -0.25) is 4.79 Å². The van der Waals surface area contributed by atoms with Gasteiger partial charge in [0.1, 0.15) is 0 Å². The van der Waals surface area contributed by atoms with Gasteiger partial charge in [0.2, 0.25) is 0 Å². The van der Waals surface area contributed by atoms with Gasteiger partial charge in [-0.15, -0.1) is 0 Å². The number of hydrogen-bond donors (Lipinski definition) is 3. The molecule has 0 unspecified atom stereocenters. The van der Waals surface area contributed by atoms with E-state index in [1.54, 1.807) is 0 Å². The lowest BCUT2D eigenvalue weighted by molar-refractivity contribution is -0.144. The molecule has 0 spiro atoms. The minimum absolute atomic E-state index is 0.000000000000000222. The van der Waals surface area contributed by atoms with Crippen molar-refractivity contribution in [1.82, 2.24) is 0 Å². The predicted octanol–water partition coefficient (Wildman–Crippen LogP) is 0.0598. The van der Waals surface area contributed by atoms with E-state index in [1.807, 2.05) is 0 Å². The molecule has 0 aromatic rings. The Hall–Kier alpha value is -0.840. The molecule has 4 nitrogen and oxygen atoms in total. The van der Waals surface area contributed by atoms with Crippen LogP contribution in [0, 0.1) is 5.92 Å². The van der Waals surface area contributed by atoms with Gasteiger partial charge in [0, 0.05) is 0 Å². The van der Waals surface area contributed by atoms with E-state index in [9.17, 15) is 4.79 Å². The molecule has 0 radical (unpaired) electrons. The van der Waals surface area contributed by atoms with E-state index in [2.05, 4.69) is 23.7 Å². The summed E-state index contributed by atoms with van der Waals surface area (Å²) in [6, 6.07) is 0. The lowest BCUT2D eigenvalue weighted by Crippen LogP contribution is -2.20. The quantitative estimate of drug-likeness (QED) is 0.491. The highest BCUT2D eigenvalue weighted by atomic mass is 32.1. The fourth-order valence-electron chi connectivity index (χ4n) is 0.655. The second-order valence-corrected chi connectivity index (χ2v) is 2.84. The van der Waals surface area contributed by atoms with Crippen molar-refractivity contribution in [2.45, 2.75) is 19.3 Å². The zero-order valence-electron chi connectivity index (χ0n) is 6.12. The molecule has 1 aliphatic carbocycles. The van der Waals surface area contributed by atoms with Crippen LogP contribution in [0.5, 0.6) is 0 Å². The van der Waals surface area contributed by atoms with Crippen LogP contribution in [0.2, 0.25) is 0 Å². The Morgan fingerprint density at radius 3 is 1.82 bits per heavy atom. The Morgan fingerprint density at radius 2 is 1.82 bits per heavy atom. The fourth-order valence-corrected chi connectivity index (χ4v) is 0.655. The topological polar surface area (TPSA) is 89.3 Å². The molecule has 0 bridgehead atoms. The smallest absolute Gasteiger partial charge is 0.306 e. The van der Waals surface area contributed by atoms with Crippen LogP contribution in [0.25, 0.3) is 0 Å². The normalized spacial score (nSPS) is 15.6. The van der Waals surface area contributed by atoms with E-state index in [0.717, 1.165) is 19.3 Å². The standard InChI is InChI=1S/C5H8O2.CH4N2S/c6-5(7)4-2-1-3-4;2-1(3)4/h4H,1-3H2,(H,6,7);(H4,2,3,4). The van der Waals surface area contributed by atoms with E-state index in [1.165, 1.54) is 0 Å². The second-order valence-electron chi connectivity index (χ2n) is 2.37. The summed E-state index contributed by atoms with van der Waals surface area (Å²) in [6.07, 6.45) is 2.90. The Kier molecular flexibility index (Phi) is 4.52. The molecule has 1 fully saturated rings. The van der Waals surface area contributed by atoms with Crippen LogP contribution in [0.15, 0.2) is 0 Å². The van der Waals surface area contributed by atoms with Crippen LogP contribution in [0.1, 0.15) is 19.3 Å². The zero-order chi connectivity index (χ0) is 8.85. The molecule has 1 saturated carbocycles. The molecule has 5 N–H and O–H groups in total. The molecule has 64 valence electrons. The molecule has 0 aromatic heterocycles. The molecule has 0 aliphatic heterocycles. The van der Waals surface area contributed by atoms with Crippen LogP contribution in [-0.2, 0) is 4.79 Å². The maximum Gasteiger partial charge on any atom is 0.306 e. The van der Waals surface area contributed by atoms with Gasteiger partial charge in [-0.1, -0.05) is 6.42 Å². The Bertz CT molecular complexity index is 153. The number of hydrogen-bond acceptors (Lipinski definition) is 2. The van der Waals surface area contributed by atoms with Gasteiger partial charge in [0.25, 0.3) is 0 Å². The van der Waals surface area contributed by atoms with E-state index in [0.29, 0.717) is 0 Å². The maximum absolute atomic E-state index is 9.98. The van der Waals surface area contributed by atoms with E-state index in [4.69, 9.17) is 5.11 Å². The molecule has 0 amide bonds. The van der Waals surface area contributed by atoms with Crippen molar-refractivity contribution in [2.24, 2.45) is 17.4 Å². The average molecular weight is 176 g/mol. The van der Waals surface area contributed by atoms with Crippen molar-refractivity contribution >= 4 is 23.3 Å². The summed E-state index contributed by atoms with van der Waals surface area (Å²) in [5, 5.41) is 8.23. The number of carbonyl (C=O) groups is 1. The third kappa shape index (κ3) is 5.60. The SMILES string of the molecule is NC(N)=S.O=C(O)C1CCC1. The summed E-state index contributed by atoms with van der Waals surface area (Å²) < 4.78 is 0. The number of nitrogens with two attached hydrogens (primary N) is 2. The molecule has 0 aromatic carbocycles. The van der Waals surface area contributed by atoms with Crippen LogP contribution in [0.3, 0.4) is 0 Å². The number of thiocarbonyl (C=S) groups is 1. The molecular weight excluding hydrogens is 164 g/mol. The molecule has 1 aliphatic rings. The van der Waals surface area contributed by atoms with E-state index < -0.39 is 5.97 Å². The highest BCUT2D eigenvalue weighted by molar-refractivity contribution is 7.80. The van der Waals surface area contributed by atoms with Crippen LogP contribution < -0.4 is 11.5 Å². The number of carboxylic acids is 1. The molecule has 0 atom stereocenters. The molecule has 1 rings (SSSR count). The second kappa shape index (κ2) is 4.90. The third-order valence-electron chi connectivity index (χ3n) is 1.45. The lowest BCUT2D eigenvalue weighted by atomic mass is 9.86. The van der Waals surface area contributed by atoms with Gasteiger partial charge in [0.05, 0.1) is 5.92 Å². The number of carboxylic acid groups (broad SMARTS) is 1. The van der Waals surface area contributed by atoms with E-state index in [-0.39, 0.29) is 11.0 Å². The van der Waals surface area contributed by atoms with Crippen molar-refractivity contribution in [3.05, 3.63) is 0 Å². The van der Waals surface area contributed by atoms with Gasteiger partial charge < -0.3 is 16.6 Å². The first-order valence-corrected chi connectivity index (χ1v) is 3.72. The fraction of sp³-hybridized carbons (Fsp3) is 0.667. The molecule has 0 heterocycles. The summed E-state index contributed by atoms with van der Waals surface area (Å²) in [4.78, 5) is 9.98. The van der Waals surface area contributed by atoms with Crippen LogP contribution in [-0.4, -0.2) is 16.2 Å². The minimum Gasteiger partial charge on any atom is -0.481 e. The summed E-state index contributed by atoms with van der Waals surface area (Å²) in [5.41, 5.74) is 9.24. The van der Waals surface area contributed by atoms with Crippen LogP contribution in [0.4, 0.5) is 0 Å². The maximum atomic E-state index is 9.98. The highest BCUT2D eigenvalue weighted by Crippen LogP contribution is 2.25.